The van der Waals surface area contributed by atoms with Crippen LogP contribution in [-0.4, -0.2) is 59.1 Å². The summed E-state index contributed by atoms with van der Waals surface area (Å²) < 4.78 is 2.34. The van der Waals surface area contributed by atoms with Gasteiger partial charge in [0.15, 0.2) is 0 Å². The van der Waals surface area contributed by atoms with Crippen LogP contribution in [0.4, 0.5) is 0 Å². The number of hydrogen-bond donors (Lipinski definition) is 1. The Balaban J connectivity index is 1.74. The first-order valence-corrected chi connectivity index (χ1v) is 8.17. The Labute approximate surface area is 128 Å². The van der Waals surface area contributed by atoms with Gasteiger partial charge in [-0.25, -0.2) is 4.98 Å². The molecule has 5 heteroatoms. The molecule has 1 heterocycles. The van der Waals surface area contributed by atoms with E-state index in [2.05, 4.69) is 40.5 Å². The molecule has 2 N–H and O–H groups in total. The number of imidazole rings is 1. The third-order valence-corrected chi connectivity index (χ3v) is 5.51. The van der Waals surface area contributed by atoms with Crippen LogP contribution in [0.25, 0.3) is 0 Å². The van der Waals surface area contributed by atoms with E-state index in [-0.39, 0.29) is 6.04 Å². The van der Waals surface area contributed by atoms with E-state index < -0.39 is 0 Å². The predicted molar refractivity (Wildman–Crippen MR) is 85.2 cm³/mol. The van der Waals surface area contributed by atoms with Gasteiger partial charge < -0.3 is 15.2 Å². The van der Waals surface area contributed by atoms with Gasteiger partial charge in [-0.2, -0.15) is 0 Å². The summed E-state index contributed by atoms with van der Waals surface area (Å²) in [4.78, 5) is 9.21. The Morgan fingerprint density at radius 1 is 1.38 bits per heavy atom. The lowest BCUT2D eigenvalue weighted by Gasteiger charge is -2.50. The second-order valence-electron chi connectivity index (χ2n) is 7.10. The highest BCUT2D eigenvalue weighted by Gasteiger charge is 2.41. The lowest BCUT2D eigenvalue weighted by atomic mass is 9.75. The van der Waals surface area contributed by atoms with Crippen LogP contribution >= 0.6 is 0 Å². The number of rotatable bonds is 7. The van der Waals surface area contributed by atoms with Gasteiger partial charge in [-0.05, 0) is 53.2 Å². The molecule has 118 valence electrons. The van der Waals surface area contributed by atoms with Gasteiger partial charge in [0.25, 0.3) is 0 Å². The third-order valence-electron chi connectivity index (χ3n) is 5.51. The first-order valence-electron chi connectivity index (χ1n) is 8.17. The van der Waals surface area contributed by atoms with E-state index in [0.717, 1.165) is 6.54 Å². The normalized spacial score (nSPS) is 22.6. The van der Waals surface area contributed by atoms with E-state index in [1.807, 2.05) is 12.5 Å². The van der Waals surface area contributed by atoms with Gasteiger partial charge in [-0.1, -0.05) is 0 Å². The summed E-state index contributed by atoms with van der Waals surface area (Å²) in [7, 11) is 6.63. The molecule has 0 radical (unpaired) electrons. The van der Waals surface area contributed by atoms with Crippen LogP contribution in [0.2, 0.25) is 0 Å². The molecule has 0 spiro atoms. The van der Waals surface area contributed by atoms with Gasteiger partial charge in [0, 0.05) is 30.9 Å². The van der Waals surface area contributed by atoms with Crippen molar-refractivity contribution in [3.05, 3.63) is 18.2 Å². The topological polar surface area (TPSA) is 50.3 Å². The molecule has 1 aromatic heterocycles. The van der Waals surface area contributed by atoms with Crippen molar-refractivity contribution in [2.75, 3.05) is 34.2 Å². The molecule has 0 bridgehead atoms. The molecule has 1 unspecified atom stereocenters. The maximum Gasteiger partial charge on any atom is 0.0951 e. The molecule has 2 aliphatic carbocycles. The lowest BCUT2D eigenvalue weighted by Crippen LogP contribution is -2.57. The molecular formula is C16H29N5. The van der Waals surface area contributed by atoms with Crippen molar-refractivity contribution < 1.29 is 0 Å². The van der Waals surface area contributed by atoms with Crippen LogP contribution in [0.3, 0.4) is 0 Å². The molecule has 0 aliphatic heterocycles. The summed E-state index contributed by atoms with van der Waals surface area (Å²) in [6.45, 7) is 1.73. The van der Waals surface area contributed by atoms with Crippen molar-refractivity contribution in [1.82, 2.24) is 19.4 Å². The molecule has 1 aromatic rings. The van der Waals surface area contributed by atoms with E-state index in [1.165, 1.54) is 37.8 Å². The number of nitrogens with zero attached hydrogens (tertiary/aromatic N) is 4. The largest absolute Gasteiger partial charge is 0.330 e. The monoisotopic (exact) mass is 291 g/mol. The van der Waals surface area contributed by atoms with Crippen molar-refractivity contribution >= 4 is 0 Å². The molecule has 2 aliphatic rings. The minimum Gasteiger partial charge on any atom is -0.330 e. The van der Waals surface area contributed by atoms with Crippen LogP contribution in [0.1, 0.15) is 49.9 Å². The number of likely N-dealkylation sites (N-methyl/N-ethyl adjacent to an activating group) is 2. The highest BCUT2D eigenvalue weighted by atomic mass is 15.3. The minimum atomic E-state index is 0.269. The van der Waals surface area contributed by atoms with Gasteiger partial charge in [-0.3, -0.25) is 4.90 Å². The summed E-state index contributed by atoms with van der Waals surface area (Å²) in [5.74, 6) is 0. The van der Waals surface area contributed by atoms with Crippen LogP contribution in [-0.2, 0) is 0 Å². The van der Waals surface area contributed by atoms with Crippen molar-refractivity contribution in [1.29, 1.82) is 0 Å². The van der Waals surface area contributed by atoms with E-state index in [9.17, 15) is 0 Å². The quantitative estimate of drug-likeness (QED) is 0.829. The summed E-state index contributed by atoms with van der Waals surface area (Å²) in [6, 6.07) is 0.932. The van der Waals surface area contributed by atoms with Crippen LogP contribution in [0.15, 0.2) is 12.5 Å². The first-order chi connectivity index (χ1) is 10.1. The molecule has 21 heavy (non-hydrogen) atoms. The molecule has 2 fully saturated rings. The van der Waals surface area contributed by atoms with Crippen LogP contribution in [0, 0.1) is 0 Å². The molecule has 0 aromatic carbocycles. The number of nitrogens with two attached hydrogens (primary N) is 1. The van der Waals surface area contributed by atoms with E-state index >= 15 is 0 Å². The predicted octanol–water partition coefficient (Wildman–Crippen LogP) is 1.63. The van der Waals surface area contributed by atoms with Crippen LogP contribution in [0.5, 0.6) is 0 Å². The highest BCUT2D eigenvalue weighted by Crippen LogP contribution is 2.40. The third kappa shape index (κ3) is 2.74. The van der Waals surface area contributed by atoms with Crippen LogP contribution < -0.4 is 5.73 Å². The average molecular weight is 291 g/mol. The van der Waals surface area contributed by atoms with Crippen molar-refractivity contribution in [2.24, 2.45) is 5.73 Å². The SMILES string of the molecule is CN(CC1(N(C)C)CCC1)C(CN)c1cncn1C1CC1. The molecule has 3 rings (SSSR count). The molecule has 1 atom stereocenters. The standard InChI is InChI=1S/C16H29N5/c1-19(2)16(7-4-8-16)11-20(3)14(9-17)15-10-18-12-21(15)13-5-6-13/h10,12-14H,4-9,11,17H2,1-3H3. The highest BCUT2D eigenvalue weighted by molar-refractivity contribution is 5.11. The number of hydrogen-bond acceptors (Lipinski definition) is 4. The Bertz CT molecular complexity index is 473. The molecule has 0 amide bonds. The summed E-state index contributed by atoms with van der Waals surface area (Å²) in [5, 5.41) is 0. The van der Waals surface area contributed by atoms with E-state index in [1.54, 1.807) is 0 Å². The van der Waals surface area contributed by atoms with Gasteiger partial charge in [0.1, 0.15) is 0 Å². The van der Waals surface area contributed by atoms with Crippen molar-refractivity contribution in [2.45, 2.75) is 49.7 Å². The maximum absolute atomic E-state index is 6.11. The van der Waals surface area contributed by atoms with Gasteiger partial charge in [0.05, 0.1) is 18.1 Å². The lowest BCUT2D eigenvalue weighted by molar-refractivity contribution is 0.0159. The zero-order chi connectivity index (χ0) is 15.0. The van der Waals surface area contributed by atoms with E-state index in [4.69, 9.17) is 5.73 Å². The Hall–Kier alpha value is -0.910. The summed E-state index contributed by atoms with van der Waals surface area (Å²) in [5.41, 5.74) is 7.74. The van der Waals surface area contributed by atoms with E-state index in [0.29, 0.717) is 18.1 Å². The average Bonchev–Trinajstić information content (AvgIpc) is 3.14. The second kappa shape index (κ2) is 5.71. The fourth-order valence-electron chi connectivity index (χ4n) is 3.66. The molecular weight excluding hydrogens is 262 g/mol. The Kier molecular flexibility index (Phi) is 4.08. The fraction of sp³-hybridized carbons (Fsp3) is 0.812. The smallest absolute Gasteiger partial charge is 0.0951 e. The molecule has 0 saturated heterocycles. The fourth-order valence-corrected chi connectivity index (χ4v) is 3.66. The second-order valence-corrected chi connectivity index (χ2v) is 7.10. The zero-order valence-corrected chi connectivity index (χ0v) is 13.6. The maximum atomic E-state index is 6.11. The summed E-state index contributed by atoms with van der Waals surface area (Å²) in [6.07, 6.45) is 10.5. The van der Waals surface area contributed by atoms with Gasteiger partial charge >= 0.3 is 0 Å². The minimum absolute atomic E-state index is 0.269. The number of aromatic nitrogens is 2. The Morgan fingerprint density at radius 3 is 2.57 bits per heavy atom. The Morgan fingerprint density at radius 2 is 2.10 bits per heavy atom. The van der Waals surface area contributed by atoms with Crippen molar-refractivity contribution in [3.63, 3.8) is 0 Å². The summed E-state index contributed by atoms with van der Waals surface area (Å²) >= 11 is 0. The van der Waals surface area contributed by atoms with Crippen molar-refractivity contribution in [3.8, 4) is 0 Å². The molecule has 2 saturated carbocycles. The first kappa shape index (κ1) is 15.0. The van der Waals surface area contributed by atoms with Gasteiger partial charge in [-0.15, -0.1) is 0 Å². The van der Waals surface area contributed by atoms with Gasteiger partial charge in [0.2, 0.25) is 0 Å². The zero-order valence-electron chi connectivity index (χ0n) is 13.6. The molecule has 5 nitrogen and oxygen atoms in total.